The molecule has 0 saturated carbocycles. The van der Waals surface area contributed by atoms with Gasteiger partial charge in [0.2, 0.25) is 0 Å². The van der Waals surface area contributed by atoms with Crippen molar-refractivity contribution < 1.29 is 30.0 Å². The summed E-state index contributed by atoms with van der Waals surface area (Å²) in [4.78, 5) is 23.9. The quantitative estimate of drug-likeness (QED) is 0.248. The molecule has 0 aromatic rings. The molecule has 0 aromatic carbocycles. The van der Waals surface area contributed by atoms with Crippen molar-refractivity contribution in [2.75, 3.05) is 6.61 Å². The van der Waals surface area contributed by atoms with Gasteiger partial charge in [-0.25, -0.2) is 0 Å². The maximum atomic E-state index is 10.2. The van der Waals surface area contributed by atoms with Crippen LogP contribution in [0.4, 0.5) is 0 Å². The number of aliphatic hydroxyl groups is 3. The normalized spacial score (nSPS) is 16.8. The first kappa shape index (κ1) is 12.8. The lowest BCUT2D eigenvalue weighted by atomic mass is 10.1. The fraction of sp³-hybridized carbons (Fsp3) is 0.833. The number of hydrogen-bond acceptors (Lipinski definition) is 7. The Labute approximate surface area is 78.8 Å². The van der Waals surface area contributed by atoms with Crippen LogP contribution in [0.2, 0.25) is 0 Å². The SMILES string of the molecule is O=C[C@@H](C[C@H](O)[C@@H](O)CO)O[N+](=O)[O-]. The highest BCUT2D eigenvalue weighted by atomic mass is 17.0. The van der Waals surface area contributed by atoms with Crippen LogP contribution in [-0.4, -0.2) is 51.6 Å². The molecule has 0 amide bonds. The molecule has 14 heavy (non-hydrogen) atoms. The molecular formula is C6H11NO7. The number of nitrogens with zero attached hydrogens (tertiary/aromatic N) is 1. The zero-order valence-electron chi connectivity index (χ0n) is 7.15. The Kier molecular flexibility index (Phi) is 5.68. The van der Waals surface area contributed by atoms with E-state index in [0.29, 0.717) is 0 Å². The predicted octanol–water partition coefficient (Wildman–Crippen LogP) is -2.13. The number of rotatable bonds is 7. The molecule has 0 bridgehead atoms. The molecule has 0 radical (unpaired) electrons. The van der Waals surface area contributed by atoms with Gasteiger partial charge in [-0.05, 0) is 0 Å². The van der Waals surface area contributed by atoms with Crippen molar-refractivity contribution in [1.29, 1.82) is 0 Å². The first-order chi connectivity index (χ1) is 6.51. The van der Waals surface area contributed by atoms with Crippen LogP contribution < -0.4 is 0 Å². The lowest BCUT2D eigenvalue weighted by molar-refractivity contribution is -0.764. The van der Waals surface area contributed by atoms with Crippen LogP contribution in [0.15, 0.2) is 0 Å². The zero-order chi connectivity index (χ0) is 11.1. The van der Waals surface area contributed by atoms with Crippen LogP contribution >= 0.6 is 0 Å². The third-order valence-corrected chi connectivity index (χ3v) is 1.48. The fourth-order valence-electron chi connectivity index (χ4n) is 0.751. The van der Waals surface area contributed by atoms with Crippen molar-refractivity contribution in [2.24, 2.45) is 0 Å². The molecule has 0 heterocycles. The second-order valence-corrected chi connectivity index (χ2v) is 2.56. The van der Waals surface area contributed by atoms with E-state index in [0.717, 1.165) is 0 Å². The number of carbonyl (C=O) groups is 1. The van der Waals surface area contributed by atoms with Crippen LogP contribution in [0.5, 0.6) is 0 Å². The Hall–Kier alpha value is -1.25. The van der Waals surface area contributed by atoms with Gasteiger partial charge in [0, 0.05) is 6.42 Å². The Balaban J connectivity index is 4.03. The molecule has 82 valence electrons. The minimum atomic E-state index is -1.45. The Morgan fingerprint density at radius 1 is 1.43 bits per heavy atom. The van der Waals surface area contributed by atoms with Gasteiger partial charge in [0.1, 0.15) is 12.4 Å². The molecule has 0 aliphatic carbocycles. The van der Waals surface area contributed by atoms with Crippen LogP contribution in [0.25, 0.3) is 0 Å². The second-order valence-electron chi connectivity index (χ2n) is 2.56. The molecule has 0 unspecified atom stereocenters. The van der Waals surface area contributed by atoms with E-state index < -0.39 is 36.4 Å². The van der Waals surface area contributed by atoms with Gasteiger partial charge in [-0.1, -0.05) is 0 Å². The van der Waals surface area contributed by atoms with Crippen molar-refractivity contribution in [1.82, 2.24) is 0 Å². The summed E-state index contributed by atoms with van der Waals surface area (Å²) in [5.74, 6) is 0. The van der Waals surface area contributed by atoms with Crippen LogP contribution in [0.1, 0.15) is 6.42 Å². The first-order valence-electron chi connectivity index (χ1n) is 3.74. The fourth-order valence-corrected chi connectivity index (χ4v) is 0.751. The molecule has 0 aliphatic heterocycles. The van der Waals surface area contributed by atoms with Crippen molar-refractivity contribution >= 4 is 6.29 Å². The first-order valence-corrected chi connectivity index (χ1v) is 3.74. The molecule has 0 aromatic heterocycles. The maximum absolute atomic E-state index is 10.2. The monoisotopic (exact) mass is 209 g/mol. The molecule has 8 heteroatoms. The van der Waals surface area contributed by atoms with Crippen molar-refractivity contribution in [3.63, 3.8) is 0 Å². The average Bonchev–Trinajstić information content (AvgIpc) is 2.14. The summed E-state index contributed by atoms with van der Waals surface area (Å²) < 4.78 is 0. The van der Waals surface area contributed by atoms with Gasteiger partial charge in [0.25, 0.3) is 5.09 Å². The maximum Gasteiger partial charge on any atom is 0.295 e. The summed E-state index contributed by atoms with van der Waals surface area (Å²) in [6, 6.07) is 0. The van der Waals surface area contributed by atoms with Crippen LogP contribution in [0.3, 0.4) is 0 Å². The molecule has 8 nitrogen and oxygen atoms in total. The lowest BCUT2D eigenvalue weighted by Crippen LogP contribution is -2.34. The summed E-state index contributed by atoms with van der Waals surface area (Å²) >= 11 is 0. The van der Waals surface area contributed by atoms with Gasteiger partial charge in [-0.15, -0.1) is 10.1 Å². The topological polar surface area (TPSA) is 130 Å². The Morgan fingerprint density at radius 3 is 2.36 bits per heavy atom. The highest BCUT2D eigenvalue weighted by Crippen LogP contribution is 2.05. The number of aldehydes is 1. The summed E-state index contributed by atoms with van der Waals surface area (Å²) in [6.45, 7) is -0.703. The number of aliphatic hydroxyl groups excluding tert-OH is 3. The minimum Gasteiger partial charge on any atom is -0.394 e. The molecule has 0 fully saturated rings. The van der Waals surface area contributed by atoms with Crippen LogP contribution in [-0.2, 0) is 9.63 Å². The van der Waals surface area contributed by atoms with E-state index in [4.69, 9.17) is 15.3 Å². The largest absolute Gasteiger partial charge is 0.394 e. The summed E-state index contributed by atoms with van der Waals surface area (Å²) in [6.07, 6.45) is -4.66. The van der Waals surface area contributed by atoms with Crippen molar-refractivity contribution in [3.05, 3.63) is 10.1 Å². The average molecular weight is 209 g/mol. The van der Waals surface area contributed by atoms with E-state index in [1.807, 2.05) is 0 Å². The standard InChI is InChI=1S/C6H11NO7/c8-2-4(14-7(12)13)1-5(10)6(11)3-9/h2,4-6,9-11H,1,3H2/t4-,5+,6+/m1/s1. The highest BCUT2D eigenvalue weighted by molar-refractivity contribution is 5.55. The molecule has 0 saturated heterocycles. The molecule has 3 atom stereocenters. The van der Waals surface area contributed by atoms with E-state index in [1.165, 1.54) is 0 Å². The van der Waals surface area contributed by atoms with Gasteiger partial charge in [-0.2, -0.15) is 0 Å². The summed E-state index contributed by atoms with van der Waals surface area (Å²) in [7, 11) is 0. The minimum absolute atomic E-state index is 0.135. The van der Waals surface area contributed by atoms with Crippen LogP contribution in [0, 0.1) is 10.1 Å². The number of hydrogen-bond donors (Lipinski definition) is 3. The smallest absolute Gasteiger partial charge is 0.295 e. The van der Waals surface area contributed by atoms with Crippen molar-refractivity contribution in [2.45, 2.75) is 24.7 Å². The van der Waals surface area contributed by atoms with E-state index in [2.05, 4.69) is 4.84 Å². The summed E-state index contributed by atoms with van der Waals surface area (Å²) in [5, 5.41) is 35.0. The van der Waals surface area contributed by atoms with E-state index in [1.54, 1.807) is 0 Å². The van der Waals surface area contributed by atoms with E-state index in [9.17, 15) is 14.9 Å². The molecule has 0 rings (SSSR count). The molecule has 0 aliphatic rings. The Bertz CT molecular complexity index is 197. The third kappa shape index (κ3) is 4.70. The van der Waals surface area contributed by atoms with E-state index in [-0.39, 0.29) is 6.29 Å². The summed E-state index contributed by atoms with van der Waals surface area (Å²) in [5.41, 5.74) is 0. The predicted molar refractivity (Wildman–Crippen MR) is 41.6 cm³/mol. The van der Waals surface area contributed by atoms with Gasteiger partial charge in [0.05, 0.1) is 12.7 Å². The lowest BCUT2D eigenvalue weighted by Gasteiger charge is -2.17. The van der Waals surface area contributed by atoms with Gasteiger partial charge >= 0.3 is 0 Å². The zero-order valence-corrected chi connectivity index (χ0v) is 7.15. The molecule has 3 N–H and O–H groups in total. The molecular weight excluding hydrogens is 198 g/mol. The Morgan fingerprint density at radius 2 is 2.00 bits per heavy atom. The highest BCUT2D eigenvalue weighted by Gasteiger charge is 2.22. The van der Waals surface area contributed by atoms with Gasteiger partial charge in [-0.3, -0.25) is 0 Å². The number of carbonyl (C=O) groups excluding carboxylic acids is 1. The second kappa shape index (κ2) is 6.24. The van der Waals surface area contributed by atoms with Gasteiger partial charge in [0.15, 0.2) is 6.10 Å². The van der Waals surface area contributed by atoms with E-state index >= 15 is 0 Å². The van der Waals surface area contributed by atoms with Crippen molar-refractivity contribution in [3.8, 4) is 0 Å². The third-order valence-electron chi connectivity index (χ3n) is 1.48. The van der Waals surface area contributed by atoms with Gasteiger partial charge < -0.3 is 25.0 Å². The molecule has 0 spiro atoms.